The molecule has 0 unspecified atom stereocenters. The third-order valence-corrected chi connectivity index (χ3v) is 4.69. The second-order valence-electron chi connectivity index (χ2n) is 5.77. The minimum atomic E-state index is -0.187. The number of aromatic amines is 1. The summed E-state index contributed by atoms with van der Waals surface area (Å²) in [6.45, 7) is 4.31. The van der Waals surface area contributed by atoms with E-state index in [1.165, 1.54) is 12.4 Å². The Morgan fingerprint density at radius 3 is 2.75 bits per heavy atom. The second-order valence-corrected chi connectivity index (χ2v) is 6.15. The van der Waals surface area contributed by atoms with Gasteiger partial charge in [-0.15, -0.1) is 0 Å². The van der Waals surface area contributed by atoms with Gasteiger partial charge >= 0.3 is 0 Å². The van der Waals surface area contributed by atoms with Crippen LogP contribution in [-0.4, -0.2) is 56.7 Å². The van der Waals surface area contributed by atoms with E-state index in [9.17, 15) is 9.59 Å². The van der Waals surface area contributed by atoms with E-state index in [1.54, 1.807) is 16.6 Å². The lowest BCUT2D eigenvalue weighted by Gasteiger charge is -2.22. The molecule has 0 spiro atoms. The van der Waals surface area contributed by atoms with Crippen LogP contribution in [0.2, 0.25) is 5.02 Å². The highest BCUT2D eigenvalue weighted by Gasteiger charge is 2.26. The number of H-pyrrole nitrogens is 1. The summed E-state index contributed by atoms with van der Waals surface area (Å²) >= 11 is 6.22. The van der Waals surface area contributed by atoms with E-state index in [4.69, 9.17) is 11.6 Å². The van der Waals surface area contributed by atoms with Crippen molar-refractivity contribution in [2.45, 2.75) is 13.3 Å². The molecule has 128 valence electrons. The average Bonchev–Trinajstić information content (AvgIpc) is 2.76. The summed E-state index contributed by atoms with van der Waals surface area (Å²) in [6, 6.07) is 1.47. The Morgan fingerprint density at radius 2 is 2.08 bits per heavy atom. The smallest absolute Gasteiger partial charge is 0.275 e. The summed E-state index contributed by atoms with van der Waals surface area (Å²) in [5.74, 6) is 0.462. The molecule has 0 aromatic carbocycles. The van der Waals surface area contributed by atoms with Gasteiger partial charge in [-0.25, -0.2) is 4.98 Å². The Balaban J connectivity index is 1.74. The van der Waals surface area contributed by atoms with Crippen molar-refractivity contribution in [3.8, 4) is 0 Å². The molecule has 24 heavy (non-hydrogen) atoms. The summed E-state index contributed by atoms with van der Waals surface area (Å²) < 4.78 is 1.61. The van der Waals surface area contributed by atoms with Crippen molar-refractivity contribution >= 4 is 23.3 Å². The highest BCUT2D eigenvalue weighted by Crippen LogP contribution is 2.21. The number of carbonyl (C=O) groups is 1. The molecule has 8 nitrogen and oxygen atoms in total. The van der Waals surface area contributed by atoms with Gasteiger partial charge in [0.15, 0.2) is 5.69 Å². The molecule has 3 heterocycles. The SMILES string of the molecule is Cc1c(Cl)c(C(=O)N2CCCN(c3cc(=O)[nH]cn3)CC2)nn1C. The summed E-state index contributed by atoms with van der Waals surface area (Å²) in [7, 11) is 1.76. The fraction of sp³-hybridized carbons (Fsp3) is 0.467. The third-order valence-electron chi connectivity index (χ3n) is 4.23. The maximum absolute atomic E-state index is 12.7. The first-order valence-corrected chi connectivity index (χ1v) is 8.13. The van der Waals surface area contributed by atoms with Crippen LogP contribution in [0.5, 0.6) is 0 Å². The van der Waals surface area contributed by atoms with E-state index < -0.39 is 0 Å². The van der Waals surface area contributed by atoms with Gasteiger partial charge in [0.2, 0.25) is 0 Å². The minimum Gasteiger partial charge on any atom is -0.355 e. The van der Waals surface area contributed by atoms with Crippen LogP contribution in [-0.2, 0) is 7.05 Å². The van der Waals surface area contributed by atoms with Gasteiger partial charge < -0.3 is 14.8 Å². The fourth-order valence-electron chi connectivity index (χ4n) is 2.75. The number of hydrogen-bond donors (Lipinski definition) is 1. The number of amides is 1. The number of carbonyl (C=O) groups excluding carboxylic acids is 1. The van der Waals surface area contributed by atoms with Crippen LogP contribution < -0.4 is 10.5 Å². The van der Waals surface area contributed by atoms with Crippen molar-refractivity contribution in [1.82, 2.24) is 24.6 Å². The normalized spacial score (nSPS) is 15.5. The lowest BCUT2D eigenvalue weighted by Crippen LogP contribution is -2.36. The predicted octanol–water partition coefficient (Wildman–Crippen LogP) is 0.818. The Bertz CT molecular complexity index is 815. The first-order chi connectivity index (χ1) is 11.5. The highest BCUT2D eigenvalue weighted by atomic mass is 35.5. The van der Waals surface area contributed by atoms with Crippen LogP contribution in [0.3, 0.4) is 0 Å². The molecule has 1 fully saturated rings. The largest absolute Gasteiger partial charge is 0.355 e. The molecule has 0 bridgehead atoms. The maximum Gasteiger partial charge on any atom is 0.275 e. The van der Waals surface area contributed by atoms with Crippen molar-refractivity contribution < 1.29 is 4.79 Å². The van der Waals surface area contributed by atoms with Gasteiger partial charge in [0, 0.05) is 39.3 Å². The fourth-order valence-corrected chi connectivity index (χ4v) is 2.99. The number of halogens is 1. The zero-order valence-electron chi connectivity index (χ0n) is 13.6. The van der Waals surface area contributed by atoms with Crippen molar-refractivity contribution in [2.24, 2.45) is 7.05 Å². The molecule has 1 saturated heterocycles. The van der Waals surface area contributed by atoms with Crippen LogP contribution >= 0.6 is 11.6 Å². The maximum atomic E-state index is 12.7. The van der Waals surface area contributed by atoms with Gasteiger partial charge in [0.05, 0.1) is 17.0 Å². The molecule has 0 aliphatic carbocycles. The lowest BCUT2D eigenvalue weighted by molar-refractivity contribution is 0.0760. The molecule has 1 N–H and O–H groups in total. The molecule has 2 aromatic rings. The first-order valence-electron chi connectivity index (χ1n) is 7.75. The predicted molar refractivity (Wildman–Crippen MR) is 90.5 cm³/mol. The zero-order chi connectivity index (χ0) is 17.3. The molecule has 0 saturated carbocycles. The number of aromatic nitrogens is 4. The van der Waals surface area contributed by atoms with Crippen molar-refractivity contribution in [2.75, 3.05) is 31.1 Å². The Kier molecular flexibility index (Phi) is 4.57. The number of aryl methyl sites for hydroxylation is 1. The van der Waals surface area contributed by atoms with E-state index in [2.05, 4.69) is 15.1 Å². The van der Waals surface area contributed by atoms with Crippen LogP contribution in [0.15, 0.2) is 17.2 Å². The number of anilines is 1. The minimum absolute atomic E-state index is 0.163. The number of rotatable bonds is 2. The monoisotopic (exact) mass is 350 g/mol. The molecule has 1 amide bonds. The second kappa shape index (κ2) is 6.64. The molecule has 1 aliphatic rings. The zero-order valence-corrected chi connectivity index (χ0v) is 14.4. The standard InChI is InChI=1S/C15H19ClN6O2/c1-10-13(16)14(19-20(10)2)15(24)22-5-3-4-21(6-7-22)11-8-12(23)18-9-17-11/h8-9H,3-7H2,1-2H3,(H,17,18,23). The first kappa shape index (κ1) is 16.5. The van der Waals surface area contributed by atoms with Crippen LogP contribution in [0, 0.1) is 6.92 Å². The van der Waals surface area contributed by atoms with Crippen LogP contribution in [0.4, 0.5) is 5.82 Å². The third kappa shape index (κ3) is 3.14. The Morgan fingerprint density at radius 1 is 1.29 bits per heavy atom. The van der Waals surface area contributed by atoms with Gasteiger partial charge in [-0.2, -0.15) is 5.10 Å². The van der Waals surface area contributed by atoms with E-state index >= 15 is 0 Å². The number of nitrogens with zero attached hydrogens (tertiary/aromatic N) is 5. The molecule has 0 radical (unpaired) electrons. The number of hydrogen-bond acceptors (Lipinski definition) is 5. The van der Waals surface area contributed by atoms with Gasteiger partial charge in [-0.05, 0) is 13.3 Å². The van der Waals surface area contributed by atoms with E-state index in [1.807, 2.05) is 11.8 Å². The molecular weight excluding hydrogens is 332 g/mol. The highest BCUT2D eigenvalue weighted by molar-refractivity contribution is 6.34. The van der Waals surface area contributed by atoms with Gasteiger partial charge in [-0.3, -0.25) is 14.3 Å². The molecule has 2 aromatic heterocycles. The van der Waals surface area contributed by atoms with Gasteiger partial charge in [0.1, 0.15) is 5.82 Å². The van der Waals surface area contributed by atoms with E-state index in [-0.39, 0.29) is 11.5 Å². The van der Waals surface area contributed by atoms with E-state index in [0.29, 0.717) is 36.2 Å². The average molecular weight is 351 g/mol. The van der Waals surface area contributed by atoms with Crippen molar-refractivity contribution in [3.05, 3.63) is 39.2 Å². The molecule has 9 heteroatoms. The molecular formula is C15H19ClN6O2. The van der Waals surface area contributed by atoms with Crippen LogP contribution in [0.1, 0.15) is 22.6 Å². The van der Waals surface area contributed by atoms with Gasteiger partial charge in [0.25, 0.3) is 11.5 Å². The van der Waals surface area contributed by atoms with Crippen LogP contribution in [0.25, 0.3) is 0 Å². The quantitative estimate of drug-likeness (QED) is 0.866. The van der Waals surface area contributed by atoms with E-state index in [0.717, 1.165) is 18.7 Å². The number of nitrogens with one attached hydrogen (secondary N) is 1. The van der Waals surface area contributed by atoms with Gasteiger partial charge in [-0.1, -0.05) is 11.6 Å². The summed E-state index contributed by atoms with van der Waals surface area (Å²) in [5.41, 5.74) is 0.872. The Labute approximate surface area is 144 Å². The molecule has 0 atom stereocenters. The summed E-state index contributed by atoms with van der Waals surface area (Å²) in [4.78, 5) is 34.6. The van der Waals surface area contributed by atoms with Crippen molar-refractivity contribution in [1.29, 1.82) is 0 Å². The van der Waals surface area contributed by atoms with Crippen molar-refractivity contribution in [3.63, 3.8) is 0 Å². The topological polar surface area (TPSA) is 87.1 Å². The summed E-state index contributed by atoms with van der Waals surface area (Å²) in [6.07, 6.45) is 2.17. The summed E-state index contributed by atoms with van der Waals surface area (Å²) in [5, 5.41) is 4.63. The Hall–Kier alpha value is -2.35. The molecule has 1 aliphatic heterocycles. The lowest BCUT2D eigenvalue weighted by atomic mass is 10.3. The molecule has 3 rings (SSSR count).